The molecule has 0 unspecified atom stereocenters. The van der Waals surface area contributed by atoms with E-state index in [0.29, 0.717) is 12.2 Å². The molecule has 0 bridgehead atoms. The maximum absolute atomic E-state index is 12.9. The number of aromatic nitrogens is 1. The summed E-state index contributed by atoms with van der Waals surface area (Å²) in [6.07, 6.45) is -0.515. The summed E-state index contributed by atoms with van der Waals surface area (Å²) >= 11 is 1.40. The first kappa shape index (κ1) is 27.5. The molecular weight excluding hydrogens is 464 g/mol. The average Bonchev–Trinajstić information content (AvgIpc) is 2.84. The average molecular weight is 495 g/mol. The highest BCUT2D eigenvalue weighted by Crippen LogP contribution is 2.31. The number of nitrogens with zero attached hydrogens (tertiary/aromatic N) is 1. The van der Waals surface area contributed by atoms with Crippen molar-refractivity contribution in [2.24, 2.45) is 0 Å². The van der Waals surface area contributed by atoms with Gasteiger partial charge < -0.3 is 9.46 Å². The van der Waals surface area contributed by atoms with Crippen LogP contribution in [0, 0.1) is 5.95 Å². The van der Waals surface area contributed by atoms with E-state index in [2.05, 4.69) is 15.8 Å². The normalized spacial score (nSPS) is 12.2. The van der Waals surface area contributed by atoms with Crippen molar-refractivity contribution >= 4 is 17.8 Å². The minimum absolute atomic E-state index is 0.487. The van der Waals surface area contributed by atoms with Gasteiger partial charge in [0.25, 0.3) is 0 Å². The van der Waals surface area contributed by atoms with Crippen LogP contribution >= 0.6 is 11.9 Å². The van der Waals surface area contributed by atoms with E-state index in [9.17, 15) is 17.6 Å². The molecule has 0 saturated carbocycles. The fourth-order valence-corrected chi connectivity index (χ4v) is 3.79. The Bertz CT molecular complexity index is 1030. The van der Waals surface area contributed by atoms with Crippen LogP contribution in [0.2, 0.25) is 0 Å². The molecule has 3 nitrogen and oxygen atoms in total. The summed E-state index contributed by atoms with van der Waals surface area (Å²) in [7, 11) is 0. The van der Waals surface area contributed by atoms with Gasteiger partial charge in [-0.25, -0.2) is 4.98 Å². The Balaban J connectivity index is 0.000000239. The fourth-order valence-electron chi connectivity index (χ4n) is 3.15. The Morgan fingerprint density at radius 2 is 1.79 bits per heavy atom. The van der Waals surface area contributed by atoms with E-state index in [1.165, 1.54) is 35.7 Å². The van der Waals surface area contributed by atoms with Crippen molar-refractivity contribution in [2.45, 2.75) is 57.5 Å². The minimum atomic E-state index is -4.22. The maximum atomic E-state index is 12.9. The molecule has 1 aliphatic heterocycles. The van der Waals surface area contributed by atoms with E-state index in [4.69, 9.17) is 4.74 Å². The van der Waals surface area contributed by atoms with Crippen LogP contribution in [-0.2, 0) is 19.0 Å². The van der Waals surface area contributed by atoms with Gasteiger partial charge in [0, 0.05) is 4.90 Å². The Labute approximate surface area is 203 Å². The van der Waals surface area contributed by atoms with Crippen LogP contribution in [0.3, 0.4) is 0 Å². The number of pyridine rings is 1. The summed E-state index contributed by atoms with van der Waals surface area (Å²) in [6, 6.07) is 16.3. The third kappa shape index (κ3) is 8.89. The van der Waals surface area contributed by atoms with E-state index in [-0.39, 0.29) is 0 Å². The van der Waals surface area contributed by atoms with Gasteiger partial charge >= 0.3 is 6.18 Å². The van der Waals surface area contributed by atoms with Crippen molar-refractivity contribution < 1.29 is 22.3 Å². The Hall–Kier alpha value is -2.74. The molecule has 34 heavy (non-hydrogen) atoms. The topological polar surface area (TPSA) is 34.1 Å². The quantitative estimate of drug-likeness (QED) is 0.220. The number of hydrogen-bond acceptors (Lipinski definition) is 4. The lowest BCUT2D eigenvalue weighted by molar-refractivity contribution is -0.137. The van der Waals surface area contributed by atoms with E-state index >= 15 is 0 Å². The van der Waals surface area contributed by atoms with E-state index in [1.54, 1.807) is 18.2 Å². The van der Waals surface area contributed by atoms with Crippen LogP contribution in [0.25, 0.3) is 0 Å². The zero-order valence-corrected chi connectivity index (χ0v) is 20.4. The van der Waals surface area contributed by atoms with Crippen LogP contribution in [0.15, 0.2) is 65.6 Å². The highest BCUT2D eigenvalue weighted by molar-refractivity contribution is 8.00. The van der Waals surface area contributed by atoms with Gasteiger partial charge in [0.05, 0.1) is 12.2 Å². The predicted octanol–water partition coefficient (Wildman–Crippen LogP) is 8.35. The lowest BCUT2D eigenvalue weighted by atomic mass is 10.1. The second-order valence-corrected chi connectivity index (χ2v) is 8.10. The van der Waals surface area contributed by atoms with Gasteiger partial charge in [0.2, 0.25) is 5.95 Å². The number of rotatable bonds is 5. The first-order chi connectivity index (χ1) is 16.3. The van der Waals surface area contributed by atoms with Crippen LogP contribution in [0.1, 0.15) is 50.3 Å². The van der Waals surface area contributed by atoms with Crippen LogP contribution < -0.4 is 9.46 Å². The molecule has 1 aliphatic rings. The Morgan fingerprint density at radius 3 is 2.50 bits per heavy atom. The van der Waals surface area contributed by atoms with Gasteiger partial charge in [-0.15, -0.1) is 0 Å². The second-order valence-electron chi connectivity index (χ2n) is 7.22. The van der Waals surface area contributed by atoms with Gasteiger partial charge in [-0.3, -0.25) is 0 Å². The van der Waals surface area contributed by atoms with Crippen molar-refractivity contribution in [3.05, 3.63) is 83.3 Å². The van der Waals surface area contributed by atoms with Crippen molar-refractivity contribution in [3.8, 4) is 5.75 Å². The van der Waals surface area contributed by atoms with Gasteiger partial charge in [-0.2, -0.15) is 17.6 Å². The monoisotopic (exact) mass is 494 g/mol. The summed E-state index contributed by atoms with van der Waals surface area (Å²) in [6.45, 7) is 6.72. The molecule has 0 saturated heterocycles. The van der Waals surface area contributed by atoms with E-state index in [0.717, 1.165) is 48.1 Å². The molecule has 1 aromatic heterocycles. The van der Waals surface area contributed by atoms with Gasteiger partial charge in [-0.05, 0) is 72.7 Å². The number of nitrogens with one attached hydrogen (secondary N) is 1. The summed E-state index contributed by atoms with van der Waals surface area (Å²) in [4.78, 5) is 4.77. The van der Waals surface area contributed by atoms with Gasteiger partial charge in [-0.1, -0.05) is 57.5 Å². The number of alkyl halides is 3. The first-order valence-corrected chi connectivity index (χ1v) is 12.1. The fraction of sp³-hybridized carbons (Fsp3) is 0.346. The molecule has 0 amide bonds. The van der Waals surface area contributed by atoms with Crippen molar-refractivity contribution in [3.63, 3.8) is 0 Å². The van der Waals surface area contributed by atoms with Crippen molar-refractivity contribution in [1.29, 1.82) is 0 Å². The van der Waals surface area contributed by atoms with Crippen LogP contribution in [-0.4, -0.2) is 11.6 Å². The Kier molecular flexibility index (Phi) is 11.2. The highest BCUT2D eigenvalue weighted by atomic mass is 32.2. The second kappa shape index (κ2) is 13.8. The zero-order valence-electron chi connectivity index (χ0n) is 19.6. The number of ether oxygens (including phenoxy) is 1. The number of halogens is 4. The number of anilines is 1. The summed E-state index contributed by atoms with van der Waals surface area (Å²) in [5.41, 5.74) is 1.44. The molecule has 1 N–H and O–H groups in total. The van der Waals surface area contributed by atoms with Crippen LogP contribution in [0.5, 0.6) is 5.75 Å². The predicted molar refractivity (Wildman–Crippen MR) is 131 cm³/mol. The molecule has 184 valence electrons. The molecule has 0 spiro atoms. The number of hydrogen-bond donors (Lipinski definition) is 1. The molecule has 3 aromatic rings. The largest absolute Gasteiger partial charge is 0.493 e. The lowest BCUT2D eigenvalue weighted by Gasteiger charge is -2.17. The summed E-state index contributed by atoms with van der Waals surface area (Å²) in [5, 5.41) is 0. The summed E-state index contributed by atoms with van der Waals surface area (Å²) < 4.78 is 58.2. The van der Waals surface area contributed by atoms with Crippen LogP contribution in [0.4, 0.5) is 23.4 Å². The molecule has 8 heteroatoms. The standard InChI is InChI=1S/C14H13FN2OS.C10H11F3.C2H6/c15-13-4-1-5-14(16-13)17-19-11-7-6-10-3-2-8-18-12(10)9-11;1-2-4-8-5-3-6-9(7-8)10(11,12)13;1-2/h1,4-7,9H,2-3,8H2,(H,16,17);3,5-7H,2,4H2,1H3;1-2H3. The molecule has 0 fully saturated rings. The Morgan fingerprint density at radius 1 is 1.03 bits per heavy atom. The smallest absolute Gasteiger partial charge is 0.416 e. The SMILES string of the molecule is CC.CCCc1cccc(C(F)(F)F)c1.Fc1cccc(NSc2ccc3c(c2)OCCC3)n1. The molecule has 2 aromatic carbocycles. The molecule has 0 atom stereocenters. The minimum Gasteiger partial charge on any atom is -0.493 e. The number of aryl methyl sites for hydroxylation is 2. The van der Waals surface area contributed by atoms with Gasteiger partial charge in [0.15, 0.2) is 0 Å². The molecule has 0 radical (unpaired) electrons. The number of fused-ring (bicyclic) bond motifs is 1. The maximum Gasteiger partial charge on any atom is 0.416 e. The number of benzene rings is 2. The van der Waals surface area contributed by atoms with E-state index in [1.807, 2.05) is 32.9 Å². The van der Waals surface area contributed by atoms with Crippen molar-refractivity contribution in [2.75, 3.05) is 11.3 Å². The third-order valence-corrected chi connectivity index (χ3v) is 5.47. The lowest BCUT2D eigenvalue weighted by Crippen LogP contribution is -2.08. The van der Waals surface area contributed by atoms with Crippen molar-refractivity contribution in [1.82, 2.24) is 4.98 Å². The third-order valence-electron chi connectivity index (χ3n) is 4.67. The zero-order chi connectivity index (χ0) is 25.0. The first-order valence-electron chi connectivity index (χ1n) is 11.3. The van der Waals surface area contributed by atoms with E-state index < -0.39 is 17.7 Å². The molecule has 4 rings (SSSR count). The molecule has 0 aliphatic carbocycles. The summed E-state index contributed by atoms with van der Waals surface area (Å²) in [5.74, 6) is 0.966. The highest BCUT2D eigenvalue weighted by Gasteiger charge is 2.30. The molecular formula is C26H30F4N2OS. The molecule has 2 heterocycles. The van der Waals surface area contributed by atoms with Gasteiger partial charge in [0.1, 0.15) is 11.6 Å².